The molecule has 0 saturated carbocycles. The zero-order valence-electron chi connectivity index (χ0n) is 9.36. The van der Waals surface area contributed by atoms with E-state index in [9.17, 15) is 0 Å². The molecule has 1 aromatic carbocycles. The Morgan fingerprint density at radius 2 is 2.19 bits per heavy atom. The van der Waals surface area contributed by atoms with Crippen LogP contribution in [0, 0.1) is 0 Å². The molecule has 3 nitrogen and oxygen atoms in total. The fraction of sp³-hybridized carbons (Fsp3) is 0.231. The van der Waals surface area contributed by atoms with Gasteiger partial charge in [-0.15, -0.1) is 0 Å². The molecule has 0 unspecified atom stereocenters. The Bertz CT molecular complexity index is 526. The molecule has 0 saturated heterocycles. The van der Waals surface area contributed by atoms with Gasteiger partial charge in [0.1, 0.15) is 11.3 Å². The van der Waals surface area contributed by atoms with Gasteiger partial charge in [0.05, 0.1) is 0 Å². The molecular formula is C13H16N2O. The van der Waals surface area contributed by atoms with Crippen LogP contribution < -0.4 is 11.5 Å². The second-order valence-electron chi connectivity index (χ2n) is 3.69. The van der Waals surface area contributed by atoms with Crippen LogP contribution in [0.1, 0.15) is 18.2 Å². The quantitative estimate of drug-likeness (QED) is 0.775. The Balaban J connectivity index is 2.63. The average Bonchev–Trinajstić information content (AvgIpc) is 2.63. The molecule has 1 aromatic heterocycles. The number of anilines is 1. The zero-order chi connectivity index (χ0) is 11.5. The Labute approximate surface area is 94.7 Å². The van der Waals surface area contributed by atoms with E-state index >= 15 is 0 Å². The first-order valence-electron chi connectivity index (χ1n) is 5.43. The van der Waals surface area contributed by atoms with Gasteiger partial charge in [-0.2, -0.15) is 0 Å². The van der Waals surface area contributed by atoms with Crippen LogP contribution >= 0.6 is 0 Å². The molecule has 16 heavy (non-hydrogen) atoms. The fourth-order valence-corrected chi connectivity index (χ4v) is 1.82. The molecule has 0 bridgehead atoms. The van der Waals surface area contributed by atoms with Gasteiger partial charge in [0, 0.05) is 35.7 Å². The molecule has 0 amide bonds. The molecule has 0 aliphatic rings. The third-order valence-corrected chi connectivity index (χ3v) is 2.57. The Morgan fingerprint density at radius 3 is 2.88 bits per heavy atom. The van der Waals surface area contributed by atoms with Crippen molar-refractivity contribution in [3.63, 3.8) is 0 Å². The summed E-state index contributed by atoms with van der Waals surface area (Å²) in [5.41, 5.74) is 13.9. The van der Waals surface area contributed by atoms with Crippen LogP contribution in [0.4, 0.5) is 5.69 Å². The molecule has 0 spiro atoms. The molecule has 2 rings (SSSR count). The first-order chi connectivity index (χ1) is 7.76. The smallest absolute Gasteiger partial charge is 0.136 e. The van der Waals surface area contributed by atoms with Gasteiger partial charge in [-0.3, -0.25) is 0 Å². The van der Waals surface area contributed by atoms with Crippen molar-refractivity contribution in [2.75, 3.05) is 12.3 Å². The first-order valence-corrected chi connectivity index (χ1v) is 5.43. The van der Waals surface area contributed by atoms with Gasteiger partial charge in [0.15, 0.2) is 0 Å². The van der Waals surface area contributed by atoms with Crippen LogP contribution in [0.2, 0.25) is 0 Å². The minimum atomic E-state index is 0.533. The van der Waals surface area contributed by atoms with Gasteiger partial charge in [-0.05, 0) is 12.1 Å². The van der Waals surface area contributed by atoms with Gasteiger partial charge in [0.2, 0.25) is 0 Å². The molecular weight excluding hydrogens is 200 g/mol. The topological polar surface area (TPSA) is 65.2 Å². The number of furan rings is 1. The maximum atomic E-state index is 5.75. The zero-order valence-corrected chi connectivity index (χ0v) is 9.36. The third-order valence-electron chi connectivity index (χ3n) is 2.57. The SMILES string of the molecule is CCc1oc2cc(N)ccc2c1/C=C\CN. The lowest BCUT2D eigenvalue weighted by Gasteiger charge is -1.93. The average molecular weight is 216 g/mol. The van der Waals surface area contributed by atoms with Crippen molar-refractivity contribution < 1.29 is 4.42 Å². The summed E-state index contributed by atoms with van der Waals surface area (Å²) >= 11 is 0. The number of hydrogen-bond donors (Lipinski definition) is 2. The summed E-state index contributed by atoms with van der Waals surface area (Å²) in [6.07, 6.45) is 4.81. The van der Waals surface area contributed by atoms with Crippen LogP contribution in [0.15, 0.2) is 28.7 Å². The Kier molecular flexibility index (Phi) is 2.97. The van der Waals surface area contributed by atoms with Crippen molar-refractivity contribution in [2.45, 2.75) is 13.3 Å². The van der Waals surface area contributed by atoms with E-state index in [-0.39, 0.29) is 0 Å². The van der Waals surface area contributed by atoms with Crippen molar-refractivity contribution >= 4 is 22.7 Å². The van der Waals surface area contributed by atoms with Crippen LogP contribution in [-0.2, 0) is 6.42 Å². The van der Waals surface area contributed by atoms with Gasteiger partial charge in [0.25, 0.3) is 0 Å². The van der Waals surface area contributed by atoms with E-state index < -0.39 is 0 Å². The Hall–Kier alpha value is -1.74. The normalized spacial score (nSPS) is 11.6. The summed E-state index contributed by atoms with van der Waals surface area (Å²) in [6.45, 7) is 2.60. The number of rotatable bonds is 3. The van der Waals surface area contributed by atoms with Crippen LogP contribution in [-0.4, -0.2) is 6.54 Å². The number of nitrogens with two attached hydrogens (primary N) is 2. The van der Waals surface area contributed by atoms with E-state index in [1.807, 2.05) is 30.4 Å². The summed E-state index contributed by atoms with van der Waals surface area (Å²) in [4.78, 5) is 0. The van der Waals surface area contributed by atoms with E-state index in [0.717, 1.165) is 34.4 Å². The summed E-state index contributed by atoms with van der Waals surface area (Å²) in [7, 11) is 0. The Morgan fingerprint density at radius 1 is 1.38 bits per heavy atom. The minimum absolute atomic E-state index is 0.533. The summed E-state index contributed by atoms with van der Waals surface area (Å²) in [5, 5.41) is 1.09. The van der Waals surface area contributed by atoms with E-state index in [1.165, 1.54) is 0 Å². The predicted octanol–water partition coefficient (Wildman–Crippen LogP) is 2.55. The number of fused-ring (bicyclic) bond motifs is 1. The highest BCUT2D eigenvalue weighted by atomic mass is 16.3. The lowest BCUT2D eigenvalue weighted by Crippen LogP contribution is -1.92. The molecule has 0 atom stereocenters. The highest BCUT2D eigenvalue weighted by molar-refractivity contribution is 5.90. The molecule has 4 N–H and O–H groups in total. The second kappa shape index (κ2) is 4.41. The lowest BCUT2D eigenvalue weighted by atomic mass is 10.1. The van der Waals surface area contributed by atoms with Crippen LogP contribution in [0.25, 0.3) is 17.0 Å². The second-order valence-corrected chi connectivity index (χ2v) is 3.69. The van der Waals surface area contributed by atoms with Gasteiger partial charge in [-0.25, -0.2) is 0 Å². The highest BCUT2D eigenvalue weighted by Crippen LogP contribution is 2.28. The van der Waals surface area contributed by atoms with Crippen molar-refractivity contribution in [1.29, 1.82) is 0 Å². The monoisotopic (exact) mass is 216 g/mol. The van der Waals surface area contributed by atoms with Crippen molar-refractivity contribution in [2.24, 2.45) is 5.73 Å². The van der Waals surface area contributed by atoms with Gasteiger partial charge < -0.3 is 15.9 Å². The van der Waals surface area contributed by atoms with Crippen molar-refractivity contribution in [1.82, 2.24) is 0 Å². The molecule has 0 radical (unpaired) electrons. The van der Waals surface area contributed by atoms with E-state index in [4.69, 9.17) is 15.9 Å². The molecule has 0 aliphatic carbocycles. The molecule has 0 fully saturated rings. The van der Waals surface area contributed by atoms with Crippen LogP contribution in [0.3, 0.4) is 0 Å². The fourth-order valence-electron chi connectivity index (χ4n) is 1.82. The molecule has 0 aliphatic heterocycles. The number of hydrogen-bond acceptors (Lipinski definition) is 3. The van der Waals surface area contributed by atoms with E-state index in [2.05, 4.69) is 6.92 Å². The number of benzene rings is 1. The minimum Gasteiger partial charge on any atom is -0.460 e. The maximum Gasteiger partial charge on any atom is 0.136 e. The third kappa shape index (κ3) is 1.82. The summed E-state index contributed by atoms with van der Waals surface area (Å²) in [5.74, 6) is 0.977. The highest BCUT2D eigenvalue weighted by Gasteiger charge is 2.10. The van der Waals surface area contributed by atoms with Gasteiger partial charge in [-0.1, -0.05) is 19.1 Å². The predicted molar refractivity (Wildman–Crippen MR) is 68.1 cm³/mol. The standard InChI is InChI=1S/C13H16N2O/c1-2-12-10(4-3-7-14)11-6-5-9(15)8-13(11)16-12/h3-6,8H,2,7,14-15H2,1H3/b4-3-. The molecule has 84 valence electrons. The summed E-state index contributed by atoms with van der Waals surface area (Å²) in [6, 6.07) is 5.73. The van der Waals surface area contributed by atoms with E-state index in [0.29, 0.717) is 6.54 Å². The van der Waals surface area contributed by atoms with Crippen LogP contribution in [0.5, 0.6) is 0 Å². The van der Waals surface area contributed by atoms with Gasteiger partial charge >= 0.3 is 0 Å². The molecule has 2 aromatic rings. The van der Waals surface area contributed by atoms with Crippen molar-refractivity contribution in [3.05, 3.63) is 35.6 Å². The van der Waals surface area contributed by atoms with Crippen molar-refractivity contribution in [3.8, 4) is 0 Å². The summed E-state index contributed by atoms with van der Waals surface area (Å²) < 4.78 is 5.75. The number of nitrogen functional groups attached to an aromatic ring is 1. The lowest BCUT2D eigenvalue weighted by molar-refractivity contribution is 0.556. The molecule has 1 heterocycles. The maximum absolute atomic E-state index is 5.75. The first kappa shape index (κ1) is 10.8. The van der Waals surface area contributed by atoms with E-state index in [1.54, 1.807) is 0 Å². The number of aryl methyl sites for hydroxylation is 1. The largest absolute Gasteiger partial charge is 0.460 e. The molecule has 3 heteroatoms.